The van der Waals surface area contributed by atoms with E-state index in [1.807, 2.05) is 0 Å². The van der Waals surface area contributed by atoms with Gasteiger partial charge >= 0.3 is 24.5 Å². The Morgan fingerprint density at radius 2 is 1.46 bits per heavy atom. The molecule has 1 aliphatic heterocycles. The van der Waals surface area contributed by atoms with E-state index in [-0.39, 0.29) is 18.2 Å². The summed E-state index contributed by atoms with van der Waals surface area (Å²) in [6, 6.07) is 7.42. The SMILES string of the molecule is CC(c1cc(C(F)(F)F)cc(C(F)(F)F)c1)N(C)C(=O)N1CCC[C@@H](N(C)C(=O)OC(C)(C)C)[C@@H]1c1ccccc1. The van der Waals surface area contributed by atoms with Crippen molar-refractivity contribution < 1.29 is 40.7 Å². The molecule has 0 spiro atoms. The molecule has 3 rings (SSSR count). The summed E-state index contributed by atoms with van der Waals surface area (Å²) < 4.78 is 86.4. The lowest BCUT2D eigenvalue weighted by Gasteiger charge is -2.46. The van der Waals surface area contributed by atoms with Gasteiger partial charge in [0.25, 0.3) is 0 Å². The van der Waals surface area contributed by atoms with Gasteiger partial charge in [-0.05, 0) is 69.9 Å². The van der Waals surface area contributed by atoms with Gasteiger partial charge in [0.05, 0.1) is 29.3 Å². The number of amides is 3. The van der Waals surface area contributed by atoms with Crippen LogP contribution in [0.15, 0.2) is 48.5 Å². The van der Waals surface area contributed by atoms with Crippen molar-refractivity contribution in [2.75, 3.05) is 20.6 Å². The number of likely N-dealkylation sites (tertiary alicyclic amines) is 1. The fourth-order valence-corrected chi connectivity index (χ4v) is 4.93. The van der Waals surface area contributed by atoms with Gasteiger partial charge in [-0.1, -0.05) is 30.3 Å². The van der Waals surface area contributed by atoms with Crippen molar-refractivity contribution in [1.82, 2.24) is 14.7 Å². The monoisotopic (exact) mass is 587 g/mol. The first-order chi connectivity index (χ1) is 18.8. The van der Waals surface area contributed by atoms with Gasteiger partial charge in [-0.2, -0.15) is 26.3 Å². The van der Waals surface area contributed by atoms with Crippen LogP contribution in [0.2, 0.25) is 0 Å². The standard InChI is InChI=1S/C29H35F6N3O3/c1-18(20-15-21(28(30,31)32)17-22(16-20)29(33,34)35)36(5)25(39)38-14-10-13-23(24(38)19-11-8-7-9-12-19)37(6)26(40)41-27(2,3)4/h7-9,11-12,15-18,23-24H,10,13-14H2,1-6H3/t18?,23-,24+/m1/s1. The average Bonchev–Trinajstić information content (AvgIpc) is 2.89. The lowest BCUT2D eigenvalue weighted by molar-refractivity contribution is -0.143. The molecule has 1 fully saturated rings. The predicted molar refractivity (Wildman–Crippen MR) is 141 cm³/mol. The van der Waals surface area contributed by atoms with E-state index >= 15 is 0 Å². The first-order valence-corrected chi connectivity index (χ1v) is 13.1. The second-order valence-electron chi connectivity index (χ2n) is 11.3. The van der Waals surface area contributed by atoms with Crippen LogP contribution in [0.3, 0.4) is 0 Å². The lowest BCUT2D eigenvalue weighted by atomic mass is 9.89. The van der Waals surface area contributed by atoms with Gasteiger partial charge < -0.3 is 19.4 Å². The van der Waals surface area contributed by atoms with Crippen LogP contribution in [-0.2, 0) is 17.1 Å². The summed E-state index contributed by atoms with van der Waals surface area (Å²) in [7, 11) is 2.92. The average molecular weight is 588 g/mol. The van der Waals surface area contributed by atoms with Crippen molar-refractivity contribution in [2.45, 2.75) is 76.6 Å². The first-order valence-electron chi connectivity index (χ1n) is 13.1. The van der Waals surface area contributed by atoms with E-state index in [1.165, 1.54) is 23.8 Å². The number of rotatable bonds is 4. The molecule has 6 nitrogen and oxygen atoms in total. The highest BCUT2D eigenvalue weighted by Crippen LogP contribution is 2.40. The van der Waals surface area contributed by atoms with Gasteiger partial charge in [0.15, 0.2) is 0 Å². The van der Waals surface area contributed by atoms with Gasteiger partial charge in [0.2, 0.25) is 0 Å². The molecule has 3 atom stereocenters. The number of piperidine rings is 1. The molecule has 0 aromatic heterocycles. The Balaban J connectivity index is 1.99. The van der Waals surface area contributed by atoms with Crippen molar-refractivity contribution in [2.24, 2.45) is 0 Å². The minimum atomic E-state index is -5.01. The number of hydrogen-bond acceptors (Lipinski definition) is 3. The molecule has 2 aromatic rings. The summed E-state index contributed by atoms with van der Waals surface area (Å²) in [5.74, 6) is 0. The zero-order valence-corrected chi connectivity index (χ0v) is 23.8. The molecule has 0 radical (unpaired) electrons. The van der Waals surface area contributed by atoms with Crippen LogP contribution < -0.4 is 0 Å². The molecule has 0 saturated carbocycles. The van der Waals surface area contributed by atoms with Crippen LogP contribution in [0.4, 0.5) is 35.9 Å². The Morgan fingerprint density at radius 3 is 1.95 bits per heavy atom. The quantitative estimate of drug-likeness (QED) is 0.342. The summed E-state index contributed by atoms with van der Waals surface area (Å²) in [5, 5.41) is 0. The minimum Gasteiger partial charge on any atom is -0.444 e. The topological polar surface area (TPSA) is 53.1 Å². The highest BCUT2D eigenvalue weighted by Gasteiger charge is 2.42. The number of benzene rings is 2. The molecule has 226 valence electrons. The Hall–Kier alpha value is -3.44. The van der Waals surface area contributed by atoms with Crippen LogP contribution in [0.25, 0.3) is 0 Å². The largest absolute Gasteiger partial charge is 0.444 e. The van der Waals surface area contributed by atoms with E-state index < -0.39 is 59.3 Å². The summed E-state index contributed by atoms with van der Waals surface area (Å²) in [5.41, 5.74) is -3.24. The maximum atomic E-state index is 13.9. The van der Waals surface area contributed by atoms with Crippen molar-refractivity contribution in [3.63, 3.8) is 0 Å². The van der Waals surface area contributed by atoms with Crippen molar-refractivity contribution in [3.8, 4) is 0 Å². The molecule has 1 unspecified atom stereocenters. The van der Waals surface area contributed by atoms with E-state index in [0.717, 1.165) is 10.5 Å². The van der Waals surface area contributed by atoms with Gasteiger partial charge in [-0.3, -0.25) is 0 Å². The van der Waals surface area contributed by atoms with E-state index in [0.29, 0.717) is 25.0 Å². The van der Waals surface area contributed by atoms with Crippen LogP contribution >= 0.6 is 0 Å². The van der Waals surface area contributed by atoms with E-state index in [1.54, 1.807) is 58.2 Å². The molecule has 0 N–H and O–H groups in total. The first kappa shape index (κ1) is 32.1. The van der Waals surface area contributed by atoms with Gasteiger partial charge in [0.1, 0.15) is 5.60 Å². The molecule has 0 aliphatic carbocycles. The summed E-state index contributed by atoms with van der Waals surface area (Å²) >= 11 is 0. The molecular weight excluding hydrogens is 552 g/mol. The molecule has 1 saturated heterocycles. The third kappa shape index (κ3) is 7.65. The third-order valence-corrected chi connectivity index (χ3v) is 7.14. The number of likely N-dealkylation sites (N-methyl/N-ethyl adjacent to an activating group) is 1. The van der Waals surface area contributed by atoms with Gasteiger partial charge in [0, 0.05) is 20.6 Å². The number of ether oxygens (including phenoxy) is 1. The predicted octanol–water partition coefficient (Wildman–Crippen LogP) is 7.91. The van der Waals surface area contributed by atoms with Crippen molar-refractivity contribution in [3.05, 3.63) is 70.8 Å². The second-order valence-corrected chi connectivity index (χ2v) is 11.3. The second kappa shape index (κ2) is 11.8. The molecule has 0 bridgehead atoms. The highest BCUT2D eigenvalue weighted by molar-refractivity contribution is 5.76. The number of alkyl halides is 6. The summed E-state index contributed by atoms with van der Waals surface area (Å²) in [6.45, 7) is 6.85. The van der Waals surface area contributed by atoms with E-state index in [2.05, 4.69) is 0 Å². The maximum absolute atomic E-state index is 13.9. The van der Waals surface area contributed by atoms with E-state index in [9.17, 15) is 35.9 Å². The number of urea groups is 1. The van der Waals surface area contributed by atoms with Gasteiger partial charge in [-0.25, -0.2) is 9.59 Å². The van der Waals surface area contributed by atoms with Gasteiger partial charge in [-0.15, -0.1) is 0 Å². The molecule has 12 heteroatoms. The van der Waals surface area contributed by atoms with Crippen LogP contribution in [0.1, 0.15) is 74.9 Å². The van der Waals surface area contributed by atoms with Crippen LogP contribution in [0, 0.1) is 0 Å². The molecule has 1 aliphatic rings. The molecule has 41 heavy (non-hydrogen) atoms. The number of carbonyl (C=O) groups excluding carboxylic acids is 2. The van der Waals surface area contributed by atoms with Crippen molar-refractivity contribution in [1.29, 1.82) is 0 Å². The smallest absolute Gasteiger partial charge is 0.416 e. The number of nitrogens with zero attached hydrogens (tertiary/aromatic N) is 3. The molecule has 3 amide bonds. The normalized spacial score (nSPS) is 19.0. The lowest BCUT2D eigenvalue weighted by Crippen LogP contribution is -2.55. The van der Waals surface area contributed by atoms with Crippen LogP contribution in [-0.4, -0.2) is 59.1 Å². The third-order valence-electron chi connectivity index (χ3n) is 7.14. The number of halogens is 6. The maximum Gasteiger partial charge on any atom is 0.416 e. The highest BCUT2D eigenvalue weighted by atomic mass is 19.4. The fourth-order valence-electron chi connectivity index (χ4n) is 4.93. The zero-order valence-electron chi connectivity index (χ0n) is 23.8. The molecular formula is C29H35F6N3O3. The fraction of sp³-hybridized carbons (Fsp3) is 0.517. The van der Waals surface area contributed by atoms with E-state index in [4.69, 9.17) is 4.74 Å². The Morgan fingerprint density at radius 1 is 0.927 bits per heavy atom. The summed E-state index contributed by atoms with van der Waals surface area (Å²) in [4.78, 5) is 30.9. The Bertz CT molecular complexity index is 1190. The number of hydrogen-bond donors (Lipinski definition) is 0. The molecule has 2 aromatic carbocycles. The number of carbonyl (C=O) groups is 2. The zero-order chi connectivity index (χ0) is 30.9. The Labute approximate surface area is 235 Å². The molecule has 1 heterocycles. The minimum absolute atomic E-state index is 0.0607. The van der Waals surface area contributed by atoms with Crippen LogP contribution in [0.5, 0.6) is 0 Å². The Kier molecular flexibility index (Phi) is 9.24. The van der Waals surface area contributed by atoms with Crippen molar-refractivity contribution >= 4 is 12.1 Å². The summed E-state index contributed by atoms with van der Waals surface area (Å²) in [6.07, 6.45) is -9.55.